The number of pyridine rings is 1. The second-order valence-electron chi connectivity index (χ2n) is 5.25. The summed E-state index contributed by atoms with van der Waals surface area (Å²) in [7, 11) is 0. The maximum Gasteiger partial charge on any atom is 0.325 e. The van der Waals surface area contributed by atoms with Crippen LogP contribution in [0.2, 0.25) is 0 Å². The summed E-state index contributed by atoms with van der Waals surface area (Å²) in [5.74, 6) is -1.18. The number of benzene rings is 1. The van der Waals surface area contributed by atoms with Gasteiger partial charge in [0.1, 0.15) is 23.7 Å². The van der Waals surface area contributed by atoms with E-state index in [0.29, 0.717) is 10.2 Å². The molecule has 2 aromatic rings. The molecule has 0 unspecified atom stereocenters. The van der Waals surface area contributed by atoms with Crippen molar-refractivity contribution in [1.82, 2.24) is 10.3 Å². The highest BCUT2D eigenvalue weighted by molar-refractivity contribution is 9.10. The first-order valence-corrected chi connectivity index (χ1v) is 8.21. The Kier molecular flexibility index (Phi) is 6.46. The molecule has 0 fully saturated rings. The zero-order valence-corrected chi connectivity index (χ0v) is 15.2. The van der Waals surface area contributed by atoms with Gasteiger partial charge in [0.2, 0.25) is 5.88 Å². The van der Waals surface area contributed by atoms with Crippen molar-refractivity contribution in [2.24, 2.45) is 0 Å². The van der Waals surface area contributed by atoms with Crippen molar-refractivity contribution in [3.05, 3.63) is 52.4 Å². The standard InChI is InChI=1S/C17H16BrFN2O4/c1-10(2)24-15(22)9-21-16(23)12-4-3-7-20-17(12)25-14-6-5-11(19)8-13(14)18/h3-8,10H,9H2,1-2H3,(H,21,23). The molecule has 0 radical (unpaired) electrons. The normalized spacial score (nSPS) is 10.4. The van der Waals surface area contributed by atoms with Crippen molar-refractivity contribution in [2.75, 3.05) is 6.54 Å². The van der Waals surface area contributed by atoms with E-state index in [9.17, 15) is 14.0 Å². The van der Waals surface area contributed by atoms with Gasteiger partial charge in [-0.25, -0.2) is 9.37 Å². The highest BCUT2D eigenvalue weighted by Crippen LogP contribution is 2.30. The Labute approximate surface area is 152 Å². The first-order valence-electron chi connectivity index (χ1n) is 7.42. The summed E-state index contributed by atoms with van der Waals surface area (Å²) in [6.07, 6.45) is 1.19. The van der Waals surface area contributed by atoms with Crippen LogP contribution in [-0.2, 0) is 9.53 Å². The third-order valence-electron chi connectivity index (χ3n) is 2.88. The maximum absolute atomic E-state index is 13.2. The molecule has 0 atom stereocenters. The number of carbonyl (C=O) groups excluding carboxylic acids is 2. The first-order chi connectivity index (χ1) is 11.9. The molecule has 0 saturated carbocycles. The van der Waals surface area contributed by atoms with Gasteiger partial charge in [0.05, 0.1) is 10.6 Å². The number of hydrogen-bond donors (Lipinski definition) is 1. The number of hydrogen-bond acceptors (Lipinski definition) is 5. The monoisotopic (exact) mass is 410 g/mol. The van der Waals surface area contributed by atoms with E-state index in [2.05, 4.69) is 26.2 Å². The lowest BCUT2D eigenvalue weighted by molar-refractivity contribution is -0.146. The number of nitrogens with zero attached hydrogens (tertiary/aromatic N) is 1. The molecule has 1 N–H and O–H groups in total. The number of esters is 1. The van der Waals surface area contributed by atoms with Crippen LogP contribution in [0.5, 0.6) is 11.6 Å². The third-order valence-corrected chi connectivity index (χ3v) is 3.50. The Bertz CT molecular complexity index is 783. The molecule has 25 heavy (non-hydrogen) atoms. The summed E-state index contributed by atoms with van der Waals surface area (Å²) in [6, 6.07) is 6.94. The molecule has 0 aliphatic heterocycles. The van der Waals surface area contributed by atoms with Crippen LogP contribution in [0.1, 0.15) is 24.2 Å². The van der Waals surface area contributed by atoms with Crippen LogP contribution in [-0.4, -0.2) is 29.5 Å². The van der Waals surface area contributed by atoms with Crippen molar-refractivity contribution in [3.63, 3.8) is 0 Å². The number of halogens is 2. The minimum atomic E-state index is -0.545. The summed E-state index contributed by atoms with van der Waals surface area (Å²) in [6.45, 7) is 3.16. The summed E-state index contributed by atoms with van der Waals surface area (Å²) < 4.78 is 24.1. The molecule has 0 aliphatic carbocycles. The fourth-order valence-corrected chi connectivity index (χ4v) is 2.29. The van der Waals surface area contributed by atoms with Gasteiger partial charge in [-0.1, -0.05) is 0 Å². The number of amides is 1. The zero-order chi connectivity index (χ0) is 18.4. The second kappa shape index (κ2) is 8.57. The number of nitrogens with one attached hydrogen (secondary N) is 1. The van der Waals surface area contributed by atoms with Crippen LogP contribution < -0.4 is 10.1 Å². The van der Waals surface area contributed by atoms with Gasteiger partial charge in [0.25, 0.3) is 5.91 Å². The number of carbonyl (C=O) groups is 2. The van der Waals surface area contributed by atoms with E-state index in [1.165, 1.54) is 30.5 Å². The largest absolute Gasteiger partial charge is 0.462 e. The Morgan fingerprint density at radius 2 is 2.08 bits per heavy atom. The van der Waals surface area contributed by atoms with Gasteiger partial charge in [0, 0.05) is 6.20 Å². The van der Waals surface area contributed by atoms with E-state index in [1.807, 2.05) is 0 Å². The molecule has 132 valence electrons. The van der Waals surface area contributed by atoms with E-state index in [4.69, 9.17) is 9.47 Å². The minimum absolute atomic E-state index is 0.0320. The number of aromatic nitrogens is 1. The molecular formula is C17H16BrFN2O4. The Morgan fingerprint density at radius 3 is 2.76 bits per heavy atom. The van der Waals surface area contributed by atoms with Crippen molar-refractivity contribution in [2.45, 2.75) is 20.0 Å². The molecule has 1 amide bonds. The van der Waals surface area contributed by atoms with Gasteiger partial charge in [-0.05, 0) is 60.1 Å². The third kappa shape index (κ3) is 5.53. The van der Waals surface area contributed by atoms with Gasteiger partial charge in [-0.15, -0.1) is 0 Å². The van der Waals surface area contributed by atoms with Gasteiger partial charge in [0.15, 0.2) is 0 Å². The fraction of sp³-hybridized carbons (Fsp3) is 0.235. The van der Waals surface area contributed by atoms with Crippen molar-refractivity contribution >= 4 is 27.8 Å². The topological polar surface area (TPSA) is 77.5 Å². The molecule has 1 aromatic carbocycles. The highest BCUT2D eigenvalue weighted by atomic mass is 79.9. The van der Waals surface area contributed by atoms with E-state index in [-0.39, 0.29) is 24.1 Å². The van der Waals surface area contributed by atoms with Gasteiger partial charge >= 0.3 is 5.97 Å². The lowest BCUT2D eigenvalue weighted by atomic mass is 10.2. The minimum Gasteiger partial charge on any atom is -0.462 e. The maximum atomic E-state index is 13.2. The molecule has 1 aromatic heterocycles. The van der Waals surface area contributed by atoms with Crippen LogP contribution in [0.25, 0.3) is 0 Å². The van der Waals surface area contributed by atoms with Gasteiger partial charge < -0.3 is 14.8 Å². The molecule has 1 heterocycles. The SMILES string of the molecule is CC(C)OC(=O)CNC(=O)c1cccnc1Oc1ccc(F)cc1Br. The van der Waals surface area contributed by atoms with Crippen molar-refractivity contribution < 1.29 is 23.5 Å². The van der Waals surface area contributed by atoms with Crippen LogP contribution in [0.4, 0.5) is 4.39 Å². The Morgan fingerprint density at radius 1 is 1.32 bits per heavy atom. The molecule has 6 nitrogen and oxygen atoms in total. The fourth-order valence-electron chi connectivity index (χ4n) is 1.86. The van der Waals surface area contributed by atoms with E-state index < -0.39 is 17.7 Å². The summed E-state index contributed by atoms with van der Waals surface area (Å²) >= 11 is 3.18. The predicted molar refractivity (Wildman–Crippen MR) is 92.0 cm³/mol. The van der Waals surface area contributed by atoms with Crippen molar-refractivity contribution in [3.8, 4) is 11.6 Å². The highest BCUT2D eigenvalue weighted by Gasteiger charge is 2.17. The predicted octanol–water partition coefficient (Wildman–Crippen LogP) is 3.46. The molecule has 0 bridgehead atoms. The summed E-state index contributed by atoms with van der Waals surface area (Å²) in [5, 5.41) is 2.45. The Hall–Kier alpha value is -2.48. The first kappa shape index (κ1) is 18.9. The van der Waals surface area contributed by atoms with Gasteiger partial charge in [-0.3, -0.25) is 9.59 Å². The lowest BCUT2D eigenvalue weighted by Crippen LogP contribution is -2.32. The number of rotatable bonds is 6. The average Bonchev–Trinajstić information content (AvgIpc) is 2.55. The molecule has 8 heteroatoms. The quantitative estimate of drug-likeness (QED) is 0.737. The van der Waals surface area contributed by atoms with Crippen LogP contribution in [0.3, 0.4) is 0 Å². The van der Waals surface area contributed by atoms with Crippen molar-refractivity contribution in [1.29, 1.82) is 0 Å². The number of ether oxygens (including phenoxy) is 2. The Balaban J connectivity index is 2.11. The van der Waals surface area contributed by atoms with Crippen LogP contribution >= 0.6 is 15.9 Å². The molecule has 2 rings (SSSR count). The molecule has 0 saturated heterocycles. The smallest absolute Gasteiger partial charge is 0.325 e. The van der Waals surface area contributed by atoms with Crippen LogP contribution in [0.15, 0.2) is 41.0 Å². The second-order valence-corrected chi connectivity index (χ2v) is 6.11. The van der Waals surface area contributed by atoms with E-state index in [1.54, 1.807) is 19.9 Å². The summed E-state index contributed by atoms with van der Waals surface area (Å²) in [4.78, 5) is 27.8. The van der Waals surface area contributed by atoms with E-state index in [0.717, 1.165) is 0 Å². The summed E-state index contributed by atoms with van der Waals surface area (Å²) in [5.41, 5.74) is 0.135. The average molecular weight is 411 g/mol. The van der Waals surface area contributed by atoms with Gasteiger partial charge in [-0.2, -0.15) is 0 Å². The molecule has 0 aliphatic rings. The molecular weight excluding hydrogens is 395 g/mol. The van der Waals surface area contributed by atoms with E-state index >= 15 is 0 Å². The lowest BCUT2D eigenvalue weighted by Gasteiger charge is -2.12. The zero-order valence-electron chi connectivity index (χ0n) is 13.6. The molecule has 0 spiro atoms. The van der Waals surface area contributed by atoms with Crippen LogP contribution in [0, 0.1) is 5.82 Å².